The summed E-state index contributed by atoms with van der Waals surface area (Å²) in [4.78, 5) is 26.1. The molecule has 9 heteroatoms. The monoisotopic (exact) mass is 368 g/mol. The number of carbonyl (C=O) groups is 2. The van der Waals surface area contributed by atoms with Gasteiger partial charge in [0.05, 0.1) is 13.4 Å². The number of carbonyl (C=O) groups excluding carboxylic acids is 2. The lowest BCUT2D eigenvalue weighted by molar-refractivity contribution is -0.132. The summed E-state index contributed by atoms with van der Waals surface area (Å²) < 4.78 is 16.0. The van der Waals surface area contributed by atoms with Crippen LogP contribution in [0.1, 0.15) is 18.6 Å². The third-order valence-electron chi connectivity index (χ3n) is 4.39. The van der Waals surface area contributed by atoms with E-state index >= 15 is 0 Å². The number of ether oxygens (including phenoxy) is 1. The van der Waals surface area contributed by atoms with Gasteiger partial charge in [0.15, 0.2) is 5.54 Å². The number of rotatable bonds is 5. The van der Waals surface area contributed by atoms with Crippen LogP contribution in [0.4, 0.5) is 4.79 Å². The lowest BCUT2D eigenvalue weighted by Gasteiger charge is -2.18. The standard InChI is InChI=1S/C18H16N4O5/c1-18(13-4-3-9-26-13)16(23)22(17(24)19-18)10-14-20-21-15(27-14)11-5-7-12(25-2)8-6-11/h3-9H,10H2,1-2H3,(H,19,24)/t18-/m1/s1. The summed E-state index contributed by atoms with van der Waals surface area (Å²) in [7, 11) is 1.58. The number of hydrogen-bond acceptors (Lipinski definition) is 7. The molecule has 0 radical (unpaired) electrons. The molecule has 3 amide bonds. The first-order valence-corrected chi connectivity index (χ1v) is 8.16. The summed E-state index contributed by atoms with van der Waals surface area (Å²) in [6.45, 7) is 1.45. The number of aromatic nitrogens is 2. The van der Waals surface area contributed by atoms with Crippen molar-refractivity contribution in [1.82, 2.24) is 20.4 Å². The smallest absolute Gasteiger partial charge is 0.325 e. The molecule has 0 unspecified atom stereocenters. The van der Waals surface area contributed by atoms with Crippen LogP contribution in [0.2, 0.25) is 0 Å². The normalized spacial score (nSPS) is 19.4. The van der Waals surface area contributed by atoms with Crippen molar-refractivity contribution in [3.63, 3.8) is 0 Å². The molecular weight excluding hydrogens is 352 g/mol. The van der Waals surface area contributed by atoms with Gasteiger partial charge in [0.1, 0.15) is 18.1 Å². The highest BCUT2D eigenvalue weighted by molar-refractivity contribution is 6.06. The molecular formula is C18H16N4O5. The van der Waals surface area contributed by atoms with Crippen molar-refractivity contribution in [1.29, 1.82) is 0 Å². The highest BCUT2D eigenvalue weighted by Gasteiger charge is 2.51. The lowest BCUT2D eigenvalue weighted by atomic mass is 9.99. The number of imide groups is 1. The van der Waals surface area contributed by atoms with Gasteiger partial charge >= 0.3 is 6.03 Å². The third-order valence-corrected chi connectivity index (χ3v) is 4.39. The molecule has 1 aliphatic rings. The number of amides is 3. The predicted octanol–water partition coefficient (Wildman–Crippen LogP) is 2.31. The molecule has 1 N–H and O–H groups in total. The maximum absolute atomic E-state index is 12.8. The summed E-state index contributed by atoms with van der Waals surface area (Å²) in [5, 5.41) is 10.6. The first-order valence-electron chi connectivity index (χ1n) is 8.16. The minimum atomic E-state index is -1.26. The van der Waals surface area contributed by atoms with Crippen LogP contribution in [0.3, 0.4) is 0 Å². The number of methoxy groups -OCH3 is 1. The Kier molecular flexibility index (Phi) is 3.91. The Hall–Kier alpha value is -3.62. The van der Waals surface area contributed by atoms with Crippen molar-refractivity contribution < 1.29 is 23.2 Å². The molecule has 0 bridgehead atoms. The predicted molar refractivity (Wildman–Crippen MR) is 91.4 cm³/mol. The molecule has 0 spiro atoms. The van der Waals surface area contributed by atoms with Gasteiger partial charge in [-0.25, -0.2) is 4.79 Å². The number of nitrogens with one attached hydrogen (secondary N) is 1. The van der Waals surface area contributed by atoms with E-state index in [9.17, 15) is 9.59 Å². The number of furan rings is 1. The molecule has 1 aromatic carbocycles. The van der Waals surface area contributed by atoms with Crippen molar-refractivity contribution in [2.45, 2.75) is 19.0 Å². The van der Waals surface area contributed by atoms with Crippen molar-refractivity contribution in [2.75, 3.05) is 7.11 Å². The average Bonchev–Trinajstić information content (AvgIpc) is 3.41. The number of hydrogen-bond donors (Lipinski definition) is 1. The van der Waals surface area contributed by atoms with E-state index in [-0.39, 0.29) is 18.3 Å². The summed E-state index contributed by atoms with van der Waals surface area (Å²) in [6, 6.07) is 9.83. The molecule has 27 heavy (non-hydrogen) atoms. The van der Waals surface area contributed by atoms with Crippen LogP contribution < -0.4 is 10.1 Å². The van der Waals surface area contributed by atoms with Gasteiger partial charge in [-0.1, -0.05) is 0 Å². The average molecular weight is 368 g/mol. The van der Waals surface area contributed by atoms with E-state index in [1.54, 1.807) is 50.4 Å². The molecule has 0 saturated carbocycles. The molecule has 2 aromatic heterocycles. The second-order valence-electron chi connectivity index (χ2n) is 6.15. The van der Waals surface area contributed by atoms with E-state index in [4.69, 9.17) is 13.6 Å². The van der Waals surface area contributed by atoms with Gasteiger partial charge in [0, 0.05) is 5.56 Å². The molecule has 1 aliphatic heterocycles. The van der Waals surface area contributed by atoms with Gasteiger partial charge < -0.3 is 18.9 Å². The van der Waals surface area contributed by atoms with Crippen LogP contribution >= 0.6 is 0 Å². The minimum absolute atomic E-state index is 0.135. The number of urea groups is 1. The Balaban J connectivity index is 1.53. The van der Waals surface area contributed by atoms with E-state index in [2.05, 4.69) is 15.5 Å². The third kappa shape index (κ3) is 2.82. The van der Waals surface area contributed by atoms with Gasteiger partial charge in [-0.15, -0.1) is 10.2 Å². The quantitative estimate of drug-likeness (QED) is 0.688. The van der Waals surface area contributed by atoms with Gasteiger partial charge in [0.2, 0.25) is 11.8 Å². The zero-order valence-corrected chi connectivity index (χ0v) is 14.6. The molecule has 1 saturated heterocycles. The summed E-state index contributed by atoms with van der Waals surface area (Å²) in [5.74, 6) is 1.04. The molecule has 138 valence electrons. The van der Waals surface area contributed by atoms with Gasteiger partial charge in [-0.05, 0) is 43.3 Å². The molecule has 1 fully saturated rings. The van der Waals surface area contributed by atoms with Crippen molar-refractivity contribution in [3.05, 3.63) is 54.3 Å². The molecule has 4 rings (SSSR count). The van der Waals surface area contributed by atoms with E-state index in [1.807, 2.05) is 0 Å². The second-order valence-corrected chi connectivity index (χ2v) is 6.15. The van der Waals surface area contributed by atoms with Crippen molar-refractivity contribution in [3.8, 4) is 17.2 Å². The Labute approximate surface area is 153 Å². The second kappa shape index (κ2) is 6.27. The number of benzene rings is 1. The zero-order valence-electron chi connectivity index (χ0n) is 14.6. The minimum Gasteiger partial charge on any atom is -0.497 e. The fraction of sp³-hybridized carbons (Fsp3) is 0.222. The molecule has 1 atom stereocenters. The fourth-order valence-corrected chi connectivity index (χ4v) is 2.87. The fourth-order valence-electron chi connectivity index (χ4n) is 2.87. The highest BCUT2D eigenvalue weighted by Crippen LogP contribution is 2.30. The lowest BCUT2D eigenvalue weighted by Crippen LogP contribution is -2.40. The number of nitrogens with zero attached hydrogens (tertiary/aromatic N) is 3. The first kappa shape index (κ1) is 16.8. The van der Waals surface area contributed by atoms with Crippen LogP contribution in [0.25, 0.3) is 11.5 Å². The van der Waals surface area contributed by atoms with Gasteiger partial charge in [0.25, 0.3) is 5.91 Å². The van der Waals surface area contributed by atoms with E-state index in [0.717, 1.165) is 4.90 Å². The van der Waals surface area contributed by atoms with Crippen LogP contribution in [0.5, 0.6) is 5.75 Å². The first-order chi connectivity index (χ1) is 13.0. The van der Waals surface area contributed by atoms with Crippen LogP contribution in [-0.4, -0.2) is 34.1 Å². The maximum atomic E-state index is 12.8. The van der Waals surface area contributed by atoms with E-state index in [1.165, 1.54) is 6.26 Å². The Morgan fingerprint density at radius 3 is 2.63 bits per heavy atom. The largest absolute Gasteiger partial charge is 0.497 e. The molecule has 3 aromatic rings. The van der Waals surface area contributed by atoms with Crippen molar-refractivity contribution >= 4 is 11.9 Å². The summed E-state index contributed by atoms with van der Waals surface area (Å²) in [6.07, 6.45) is 1.45. The molecule has 9 nitrogen and oxygen atoms in total. The van der Waals surface area contributed by atoms with E-state index in [0.29, 0.717) is 17.1 Å². The Bertz CT molecular complexity index is 980. The molecule has 3 heterocycles. The molecule has 0 aliphatic carbocycles. The van der Waals surface area contributed by atoms with Crippen molar-refractivity contribution in [2.24, 2.45) is 0 Å². The maximum Gasteiger partial charge on any atom is 0.325 e. The van der Waals surface area contributed by atoms with Crippen LogP contribution in [0.15, 0.2) is 51.5 Å². The van der Waals surface area contributed by atoms with Gasteiger partial charge in [-0.3, -0.25) is 9.69 Å². The summed E-state index contributed by atoms with van der Waals surface area (Å²) >= 11 is 0. The van der Waals surface area contributed by atoms with Crippen LogP contribution in [-0.2, 0) is 16.9 Å². The Morgan fingerprint density at radius 2 is 1.96 bits per heavy atom. The van der Waals surface area contributed by atoms with E-state index < -0.39 is 17.5 Å². The SMILES string of the molecule is COc1ccc(-c2nnc(CN3C(=O)N[C@](C)(c4ccco4)C3=O)o2)cc1. The highest BCUT2D eigenvalue weighted by atomic mass is 16.5. The Morgan fingerprint density at radius 1 is 1.19 bits per heavy atom. The zero-order chi connectivity index (χ0) is 19.0. The van der Waals surface area contributed by atoms with Crippen LogP contribution in [0, 0.1) is 0 Å². The van der Waals surface area contributed by atoms with Gasteiger partial charge in [-0.2, -0.15) is 0 Å². The topological polar surface area (TPSA) is 111 Å². The summed E-state index contributed by atoms with van der Waals surface area (Å²) in [5.41, 5.74) is -0.563.